The van der Waals surface area contributed by atoms with E-state index in [2.05, 4.69) is 40.0 Å². The fraction of sp³-hybridized carbons (Fsp3) is 0.500. The first-order chi connectivity index (χ1) is 7.43. The number of benzene rings is 1. The van der Waals surface area contributed by atoms with E-state index in [0.29, 0.717) is 0 Å². The molecule has 0 amide bonds. The molecule has 2 fully saturated rings. The first kappa shape index (κ1) is 9.70. The van der Waals surface area contributed by atoms with Crippen molar-refractivity contribution in [2.45, 2.75) is 29.8 Å². The topological polar surface area (TPSA) is 15.3 Å². The normalized spacial score (nSPS) is 30.7. The molecule has 2 aliphatic rings. The zero-order valence-corrected chi connectivity index (χ0v) is 9.54. The fourth-order valence-electron chi connectivity index (χ4n) is 2.49. The van der Waals surface area contributed by atoms with E-state index in [-0.39, 0.29) is 0 Å². The standard InChI is InChI=1S/C12H16N2S/c1-2-4-12(5-3-1)15-14-10-6-7-11(14)9-13-8-10/h1-5,10-11,13H,6-9H2. The minimum Gasteiger partial charge on any atom is -0.314 e. The molecule has 1 N–H and O–H groups in total. The Bertz CT molecular complexity index is 312. The van der Waals surface area contributed by atoms with Gasteiger partial charge in [-0.25, -0.2) is 4.31 Å². The zero-order chi connectivity index (χ0) is 10.1. The van der Waals surface area contributed by atoms with Crippen LogP contribution in [0, 0.1) is 0 Å². The van der Waals surface area contributed by atoms with Crippen molar-refractivity contribution in [3.05, 3.63) is 30.3 Å². The molecule has 2 aliphatic heterocycles. The van der Waals surface area contributed by atoms with Crippen LogP contribution >= 0.6 is 11.9 Å². The summed E-state index contributed by atoms with van der Waals surface area (Å²) >= 11 is 1.94. The highest BCUT2D eigenvalue weighted by Crippen LogP contribution is 2.36. The van der Waals surface area contributed by atoms with E-state index in [1.54, 1.807) is 0 Å². The van der Waals surface area contributed by atoms with Gasteiger partial charge < -0.3 is 5.32 Å². The van der Waals surface area contributed by atoms with Crippen LogP contribution in [0.15, 0.2) is 35.2 Å². The SMILES string of the molecule is c1ccc(SN2C3CCC2CNC3)cc1. The Kier molecular flexibility index (Phi) is 2.69. The summed E-state index contributed by atoms with van der Waals surface area (Å²) in [7, 11) is 0. The third-order valence-corrected chi connectivity index (χ3v) is 4.56. The summed E-state index contributed by atoms with van der Waals surface area (Å²) < 4.78 is 2.60. The summed E-state index contributed by atoms with van der Waals surface area (Å²) in [6.07, 6.45) is 2.72. The number of nitrogens with one attached hydrogen (secondary N) is 1. The van der Waals surface area contributed by atoms with Gasteiger partial charge in [0.15, 0.2) is 0 Å². The van der Waals surface area contributed by atoms with Crippen LogP contribution in [-0.2, 0) is 0 Å². The molecule has 2 unspecified atom stereocenters. The lowest BCUT2D eigenvalue weighted by molar-refractivity contribution is 0.287. The Balaban J connectivity index is 1.73. The Hall–Kier alpha value is -0.510. The summed E-state index contributed by atoms with van der Waals surface area (Å²) in [5.41, 5.74) is 0. The number of rotatable bonds is 2. The van der Waals surface area contributed by atoms with Crippen LogP contribution in [0.4, 0.5) is 0 Å². The fourth-order valence-corrected chi connectivity index (χ4v) is 3.67. The Morgan fingerprint density at radius 1 is 1.07 bits per heavy atom. The van der Waals surface area contributed by atoms with Crippen molar-refractivity contribution in [2.24, 2.45) is 0 Å². The number of hydrogen-bond acceptors (Lipinski definition) is 3. The number of hydrogen-bond donors (Lipinski definition) is 1. The molecular weight excluding hydrogens is 204 g/mol. The molecule has 3 heteroatoms. The molecule has 2 bridgehead atoms. The smallest absolute Gasteiger partial charge is 0.0334 e. The Morgan fingerprint density at radius 2 is 1.73 bits per heavy atom. The van der Waals surface area contributed by atoms with Crippen LogP contribution in [-0.4, -0.2) is 29.5 Å². The molecular formula is C12H16N2S. The molecule has 0 radical (unpaired) electrons. The van der Waals surface area contributed by atoms with Crippen molar-refractivity contribution in [3.63, 3.8) is 0 Å². The lowest BCUT2D eigenvalue weighted by Crippen LogP contribution is -2.48. The third kappa shape index (κ3) is 1.92. The van der Waals surface area contributed by atoms with Crippen LogP contribution < -0.4 is 5.32 Å². The maximum Gasteiger partial charge on any atom is 0.0334 e. The van der Waals surface area contributed by atoms with Crippen LogP contribution in [0.3, 0.4) is 0 Å². The molecule has 1 aromatic rings. The lowest BCUT2D eigenvalue weighted by atomic mass is 10.2. The van der Waals surface area contributed by atoms with Gasteiger partial charge in [-0.3, -0.25) is 0 Å². The molecule has 80 valence electrons. The predicted molar refractivity (Wildman–Crippen MR) is 63.8 cm³/mol. The van der Waals surface area contributed by atoms with Crippen LogP contribution in [0.2, 0.25) is 0 Å². The number of nitrogens with zero attached hydrogens (tertiary/aromatic N) is 1. The lowest BCUT2D eigenvalue weighted by Gasteiger charge is -2.33. The van der Waals surface area contributed by atoms with Crippen LogP contribution in [0.5, 0.6) is 0 Å². The molecule has 2 saturated heterocycles. The van der Waals surface area contributed by atoms with Crippen molar-refractivity contribution < 1.29 is 0 Å². The summed E-state index contributed by atoms with van der Waals surface area (Å²) in [5.74, 6) is 0. The van der Waals surface area contributed by atoms with Gasteiger partial charge in [0, 0.05) is 30.1 Å². The minimum absolute atomic E-state index is 0.744. The largest absolute Gasteiger partial charge is 0.314 e. The minimum atomic E-state index is 0.744. The first-order valence-corrected chi connectivity index (χ1v) is 6.43. The van der Waals surface area contributed by atoms with Gasteiger partial charge in [-0.2, -0.15) is 0 Å². The van der Waals surface area contributed by atoms with Crippen LogP contribution in [0.1, 0.15) is 12.8 Å². The van der Waals surface area contributed by atoms with Crippen molar-refractivity contribution in [1.82, 2.24) is 9.62 Å². The number of piperazine rings is 1. The third-order valence-electron chi connectivity index (χ3n) is 3.27. The second kappa shape index (κ2) is 4.16. The second-order valence-electron chi connectivity index (χ2n) is 4.31. The quantitative estimate of drug-likeness (QED) is 0.769. The Morgan fingerprint density at radius 3 is 2.40 bits per heavy atom. The van der Waals surface area contributed by atoms with Gasteiger partial charge in [-0.1, -0.05) is 18.2 Å². The number of fused-ring (bicyclic) bond motifs is 2. The maximum absolute atomic E-state index is 3.51. The van der Waals surface area contributed by atoms with E-state index in [9.17, 15) is 0 Å². The average molecular weight is 220 g/mol. The molecule has 15 heavy (non-hydrogen) atoms. The van der Waals surface area contributed by atoms with E-state index in [1.165, 1.54) is 17.7 Å². The van der Waals surface area contributed by atoms with Crippen molar-refractivity contribution in [1.29, 1.82) is 0 Å². The van der Waals surface area contributed by atoms with Crippen molar-refractivity contribution >= 4 is 11.9 Å². The highest BCUT2D eigenvalue weighted by molar-refractivity contribution is 7.97. The monoisotopic (exact) mass is 220 g/mol. The van der Waals surface area contributed by atoms with Gasteiger partial charge in [-0.15, -0.1) is 0 Å². The van der Waals surface area contributed by atoms with E-state index in [1.807, 2.05) is 11.9 Å². The van der Waals surface area contributed by atoms with Gasteiger partial charge in [0.2, 0.25) is 0 Å². The summed E-state index contributed by atoms with van der Waals surface area (Å²) in [5, 5.41) is 3.51. The summed E-state index contributed by atoms with van der Waals surface area (Å²) in [4.78, 5) is 1.37. The second-order valence-corrected chi connectivity index (χ2v) is 5.38. The van der Waals surface area contributed by atoms with Gasteiger partial charge in [-0.05, 0) is 36.9 Å². The predicted octanol–water partition coefficient (Wildman–Crippen LogP) is 2.13. The molecule has 2 nitrogen and oxygen atoms in total. The molecule has 0 aromatic heterocycles. The molecule has 0 saturated carbocycles. The van der Waals surface area contributed by atoms with Crippen molar-refractivity contribution in [2.75, 3.05) is 13.1 Å². The highest BCUT2D eigenvalue weighted by atomic mass is 32.2. The zero-order valence-electron chi connectivity index (χ0n) is 8.73. The highest BCUT2D eigenvalue weighted by Gasteiger charge is 2.36. The van der Waals surface area contributed by atoms with Gasteiger partial charge in [0.25, 0.3) is 0 Å². The van der Waals surface area contributed by atoms with E-state index >= 15 is 0 Å². The van der Waals surface area contributed by atoms with E-state index < -0.39 is 0 Å². The van der Waals surface area contributed by atoms with Gasteiger partial charge in [0.1, 0.15) is 0 Å². The van der Waals surface area contributed by atoms with Gasteiger partial charge >= 0.3 is 0 Å². The molecule has 3 rings (SSSR count). The average Bonchev–Trinajstić information content (AvgIpc) is 2.53. The summed E-state index contributed by atoms with van der Waals surface area (Å²) in [6.45, 7) is 2.33. The Labute approximate surface area is 95.2 Å². The molecule has 2 atom stereocenters. The van der Waals surface area contributed by atoms with Crippen LogP contribution in [0.25, 0.3) is 0 Å². The summed E-state index contributed by atoms with van der Waals surface area (Å²) in [6, 6.07) is 12.2. The van der Waals surface area contributed by atoms with E-state index in [4.69, 9.17) is 0 Å². The molecule has 2 heterocycles. The van der Waals surface area contributed by atoms with Gasteiger partial charge in [0.05, 0.1) is 0 Å². The van der Waals surface area contributed by atoms with Crippen molar-refractivity contribution in [3.8, 4) is 0 Å². The molecule has 1 aromatic carbocycles. The first-order valence-electron chi connectivity index (χ1n) is 5.65. The maximum atomic E-state index is 3.51. The molecule has 0 spiro atoms. The van der Waals surface area contributed by atoms with E-state index in [0.717, 1.165) is 25.2 Å². The molecule has 0 aliphatic carbocycles.